The molecule has 0 aliphatic carbocycles. The van der Waals surface area contributed by atoms with Gasteiger partial charge in [-0.1, -0.05) is 60.2 Å². The number of benzene rings is 4. The minimum Gasteiger partial charge on any atom is -0.382 e. The van der Waals surface area contributed by atoms with Crippen LogP contribution in [0.5, 0.6) is 0 Å². The monoisotopic (exact) mass is 409 g/mol. The summed E-state index contributed by atoms with van der Waals surface area (Å²) in [4.78, 5) is 13.0. The number of hydrogen-bond acceptors (Lipinski definition) is 3. The van der Waals surface area contributed by atoms with E-state index in [1.54, 1.807) is 18.2 Å². The molecule has 0 spiro atoms. The fourth-order valence-electron chi connectivity index (χ4n) is 4.14. The van der Waals surface area contributed by atoms with Gasteiger partial charge in [0.05, 0.1) is 10.9 Å². The number of nitrogens with one attached hydrogen (secondary N) is 1. The molecule has 4 nitrogen and oxygen atoms in total. The maximum Gasteiger partial charge on any atom is 0.167 e. The number of carbonyl (C=O) groups excluding carboxylic acids is 1. The van der Waals surface area contributed by atoms with E-state index in [0.717, 1.165) is 38.4 Å². The standard InChI is InChI=1S/C26H20FN3O/c1-15-8-11-22(27)18(12-15)14-24(31)21-6-2-4-16-13-17(9-10-19(16)21)20-5-3-7-23-25(20)26(28)30-29-23/h2-13H,14H2,1H3,(H3,28,29,30). The Kier molecular flexibility index (Phi) is 4.51. The van der Waals surface area contributed by atoms with Gasteiger partial charge in [0.15, 0.2) is 11.6 Å². The summed E-state index contributed by atoms with van der Waals surface area (Å²) < 4.78 is 14.2. The molecular weight excluding hydrogens is 389 g/mol. The molecule has 0 saturated heterocycles. The zero-order valence-corrected chi connectivity index (χ0v) is 16.9. The van der Waals surface area contributed by atoms with Crippen molar-refractivity contribution in [2.24, 2.45) is 0 Å². The van der Waals surface area contributed by atoms with Crippen LogP contribution in [0.3, 0.4) is 0 Å². The molecule has 1 heterocycles. The highest BCUT2D eigenvalue weighted by molar-refractivity contribution is 6.10. The maximum absolute atomic E-state index is 14.2. The lowest BCUT2D eigenvalue weighted by molar-refractivity contribution is 0.0993. The van der Waals surface area contributed by atoms with Crippen LogP contribution in [-0.4, -0.2) is 16.0 Å². The molecule has 0 unspecified atom stereocenters. The summed E-state index contributed by atoms with van der Waals surface area (Å²) in [6.07, 6.45) is 0.0270. The molecule has 0 aliphatic rings. The lowest BCUT2D eigenvalue weighted by atomic mass is 9.93. The number of carbonyl (C=O) groups is 1. The van der Waals surface area contributed by atoms with E-state index in [1.807, 2.05) is 55.5 Å². The van der Waals surface area contributed by atoms with Crippen molar-refractivity contribution in [3.8, 4) is 11.1 Å². The van der Waals surface area contributed by atoms with E-state index in [-0.39, 0.29) is 18.0 Å². The summed E-state index contributed by atoms with van der Waals surface area (Å²) in [6.45, 7) is 1.89. The second kappa shape index (κ2) is 7.36. The number of rotatable bonds is 4. The molecule has 3 N–H and O–H groups in total. The number of fused-ring (bicyclic) bond motifs is 2. The van der Waals surface area contributed by atoms with Crippen LogP contribution >= 0.6 is 0 Å². The quantitative estimate of drug-likeness (QED) is 0.366. The molecule has 5 heteroatoms. The van der Waals surface area contributed by atoms with Gasteiger partial charge in [-0.2, -0.15) is 5.10 Å². The zero-order valence-electron chi connectivity index (χ0n) is 16.9. The molecule has 4 aromatic carbocycles. The first kappa shape index (κ1) is 19.0. The number of ketones is 1. The van der Waals surface area contributed by atoms with E-state index in [0.29, 0.717) is 16.9 Å². The largest absolute Gasteiger partial charge is 0.382 e. The topological polar surface area (TPSA) is 71.8 Å². The normalized spacial score (nSPS) is 11.3. The molecule has 152 valence electrons. The Hall–Kier alpha value is -3.99. The van der Waals surface area contributed by atoms with Crippen LogP contribution in [0.15, 0.2) is 72.8 Å². The smallest absolute Gasteiger partial charge is 0.167 e. The predicted octanol–water partition coefficient (Wildman–Crippen LogP) is 5.84. The van der Waals surface area contributed by atoms with Gasteiger partial charge in [0.1, 0.15) is 5.82 Å². The van der Waals surface area contributed by atoms with Gasteiger partial charge in [0, 0.05) is 12.0 Å². The van der Waals surface area contributed by atoms with E-state index in [4.69, 9.17) is 5.73 Å². The Morgan fingerprint density at radius 3 is 2.74 bits per heavy atom. The molecule has 0 amide bonds. The average Bonchev–Trinajstić information content (AvgIpc) is 3.16. The lowest BCUT2D eigenvalue weighted by Gasteiger charge is -2.10. The average molecular weight is 409 g/mol. The minimum atomic E-state index is -0.354. The van der Waals surface area contributed by atoms with Gasteiger partial charge >= 0.3 is 0 Å². The number of aromatic nitrogens is 2. The van der Waals surface area contributed by atoms with E-state index in [1.165, 1.54) is 6.07 Å². The summed E-state index contributed by atoms with van der Waals surface area (Å²) in [6, 6.07) is 22.3. The molecule has 0 saturated carbocycles. The number of nitrogens with zero attached hydrogens (tertiary/aromatic N) is 1. The van der Waals surface area contributed by atoms with Gasteiger partial charge in [-0.3, -0.25) is 9.89 Å². The Morgan fingerprint density at radius 1 is 1.03 bits per heavy atom. The summed E-state index contributed by atoms with van der Waals surface area (Å²) in [5.74, 6) is -0.00824. The van der Waals surface area contributed by atoms with E-state index >= 15 is 0 Å². The summed E-state index contributed by atoms with van der Waals surface area (Å²) in [5.41, 5.74) is 10.8. The predicted molar refractivity (Wildman–Crippen MR) is 123 cm³/mol. The third kappa shape index (κ3) is 3.34. The molecule has 5 rings (SSSR count). The van der Waals surface area contributed by atoms with Crippen LogP contribution in [0.4, 0.5) is 10.2 Å². The van der Waals surface area contributed by atoms with Gasteiger partial charge in [0.25, 0.3) is 0 Å². The highest BCUT2D eigenvalue weighted by Crippen LogP contribution is 2.33. The molecule has 1 aromatic heterocycles. The number of aryl methyl sites for hydroxylation is 1. The first-order chi connectivity index (χ1) is 15.0. The second-order valence-corrected chi connectivity index (χ2v) is 7.77. The van der Waals surface area contributed by atoms with Crippen molar-refractivity contribution >= 4 is 33.3 Å². The fraction of sp³-hybridized carbons (Fsp3) is 0.0769. The third-order valence-corrected chi connectivity index (χ3v) is 5.66. The molecule has 31 heavy (non-hydrogen) atoms. The van der Waals surface area contributed by atoms with Crippen LogP contribution in [0.2, 0.25) is 0 Å². The van der Waals surface area contributed by atoms with Gasteiger partial charge in [-0.15, -0.1) is 0 Å². The van der Waals surface area contributed by atoms with E-state index < -0.39 is 0 Å². The number of hydrogen-bond donors (Lipinski definition) is 2. The summed E-state index contributed by atoms with van der Waals surface area (Å²) in [7, 11) is 0. The molecule has 0 fully saturated rings. The van der Waals surface area contributed by atoms with Crippen molar-refractivity contribution in [1.29, 1.82) is 0 Å². The molecule has 0 radical (unpaired) electrons. The molecular formula is C26H20FN3O. The Balaban J connectivity index is 1.57. The number of aromatic amines is 1. The SMILES string of the molecule is Cc1ccc(F)c(CC(=O)c2cccc3cc(-c4cccc5[nH]nc(N)c45)ccc23)c1. The van der Waals surface area contributed by atoms with Crippen molar-refractivity contribution in [2.75, 3.05) is 5.73 Å². The summed E-state index contributed by atoms with van der Waals surface area (Å²) in [5, 5.41) is 9.71. The zero-order chi connectivity index (χ0) is 21.5. The second-order valence-electron chi connectivity index (χ2n) is 7.77. The molecule has 5 aromatic rings. The number of halogens is 1. The number of nitrogens with two attached hydrogens (primary N) is 1. The Bertz CT molecular complexity index is 1470. The number of nitrogen functional groups attached to an aromatic ring is 1. The highest BCUT2D eigenvalue weighted by atomic mass is 19.1. The van der Waals surface area contributed by atoms with Crippen LogP contribution < -0.4 is 5.73 Å². The highest BCUT2D eigenvalue weighted by Gasteiger charge is 2.15. The first-order valence-electron chi connectivity index (χ1n) is 10.1. The van der Waals surface area contributed by atoms with Crippen LogP contribution in [0, 0.1) is 12.7 Å². The Labute approximate surface area is 178 Å². The molecule has 0 aliphatic heterocycles. The van der Waals surface area contributed by atoms with E-state index in [9.17, 15) is 9.18 Å². The number of Topliss-reactive ketones (excluding diaryl/α,β-unsaturated/α-hetero) is 1. The van der Waals surface area contributed by atoms with Crippen LogP contribution in [0.25, 0.3) is 32.8 Å². The van der Waals surface area contributed by atoms with Crippen molar-refractivity contribution < 1.29 is 9.18 Å². The van der Waals surface area contributed by atoms with E-state index in [2.05, 4.69) is 10.2 Å². The first-order valence-corrected chi connectivity index (χ1v) is 10.1. The number of anilines is 1. The van der Waals surface area contributed by atoms with Gasteiger partial charge in [-0.05, 0) is 52.6 Å². The van der Waals surface area contributed by atoms with Gasteiger partial charge in [0.2, 0.25) is 0 Å². The number of H-pyrrole nitrogens is 1. The maximum atomic E-state index is 14.2. The Morgan fingerprint density at radius 2 is 1.87 bits per heavy atom. The van der Waals surface area contributed by atoms with Crippen molar-refractivity contribution in [2.45, 2.75) is 13.3 Å². The molecule has 0 atom stereocenters. The fourth-order valence-corrected chi connectivity index (χ4v) is 4.14. The van der Waals surface area contributed by atoms with Crippen molar-refractivity contribution in [1.82, 2.24) is 10.2 Å². The summed E-state index contributed by atoms with van der Waals surface area (Å²) >= 11 is 0. The van der Waals surface area contributed by atoms with Crippen LogP contribution in [0.1, 0.15) is 21.5 Å². The van der Waals surface area contributed by atoms with Crippen molar-refractivity contribution in [3.63, 3.8) is 0 Å². The van der Waals surface area contributed by atoms with Crippen molar-refractivity contribution in [3.05, 3.63) is 95.3 Å². The van der Waals surface area contributed by atoms with Gasteiger partial charge < -0.3 is 5.73 Å². The third-order valence-electron chi connectivity index (χ3n) is 5.66. The van der Waals surface area contributed by atoms with Gasteiger partial charge in [-0.25, -0.2) is 4.39 Å². The minimum absolute atomic E-state index is 0.0270. The lowest BCUT2D eigenvalue weighted by Crippen LogP contribution is -2.06. The molecule has 0 bridgehead atoms. The van der Waals surface area contributed by atoms with Crippen LogP contribution in [-0.2, 0) is 6.42 Å².